The first-order valence-corrected chi connectivity index (χ1v) is 3.55. The summed E-state index contributed by atoms with van der Waals surface area (Å²) in [5, 5.41) is 12.2. The summed E-state index contributed by atoms with van der Waals surface area (Å²) in [7, 11) is 0. The molecule has 0 aliphatic rings. The maximum Gasteiger partial charge on any atom is 0.133 e. The van der Waals surface area contributed by atoms with Crippen molar-refractivity contribution in [2.75, 3.05) is 0 Å². The third-order valence-corrected chi connectivity index (χ3v) is 1.68. The predicted molar refractivity (Wildman–Crippen MR) is 45.6 cm³/mol. The third-order valence-electron chi connectivity index (χ3n) is 1.68. The number of fused-ring (bicyclic) bond motifs is 1. The third kappa shape index (κ3) is 1.05. The van der Waals surface area contributed by atoms with E-state index in [2.05, 4.69) is 5.16 Å². The van der Waals surface area contributed by atoms with Gasteiger partial charge in [-0.2, -0.15) is 0 Å². The molecule has 60 valence electrons. The highest BCUT2D eigenvalue weighted by Crippen LogP contribution is 2.15. The minimum absolute atomic E-state index is 0.838. The fraction of sp³-hybridized carbons (Fsp3) is 0. The number of furan rings is 1. The van der Waals surface area contributed by atoms with Crippen molar-refractivity contribution in [2.45, 2.75) is 0 Å². The lowest BCUT2D eigenvalue weighted by Crippen LogP contribution is -1.78. The first-order valence-electron chi connectivity index (χ1n) is 3.55. The van der Waals surface area contributed by atoms with Crippen LogP contribution < -0.4 is 0 Å². The highest BCUT2D eigenvalue weighted by molar-refractivity contribution is 5.87. The summed E-state index contributed by atoms with van der Waals surface area (Å²) >= 11 is 0. The van der Waals surface area contributed by atoms with Crippen LogP contribution in [0.2, 0.25) is 0 Å². The molecule has 0 amide bonds. The summed E-state index contributed by atoms with van der Waals surface area (Å²) in [6.45, 7) is 0. The normalized spacial score (nSPS) is 11.3. The van der Waals surface area contributed by atoms with E-state index in [-0.39, 0.29) is 0 Å². The van der Waals surface area contributed by atoms with Crippen molar-refractivity contribution in [3.8, 4) is 0 Å². The zero-order valence-corrected chi connectivity index (χ0v) is 6.27. The van der Waals surface area contributed by atoms with Crippen LogP contribution in [-0.2, 0) is 0 Å². The van der Waals surface area contributed by atoms with Gasteiger partial charge in [-0.25, -0.2) is 0 Å². The number of rotatable bonds is 1. The molecule has 0 radical (unpaired) electrons. The van der Waals surface area contributed by atoms with Gasteiger partial charge in [0.05, 0.1) is 12.5 Å². The van der Waals surface area contributed by atoms with Crippen LogP contribution in [0, 0.1) is 0 Å². The average Bonchev–Trinajstić information content (AvgIpc) is 2.51. The van der Waals surface area contributed by atoms with E-state index in [4.69, 9.17) is 9.62 Å². The standard InChI is InChI=1S/C9H7NO2/c11-10-6-7-1-2-9-8(5-7)3-4-12-9/h1-6,11H/b10-6+. The van der Waals surface area contributed by atoms with Crippen LogP contribution in [0.3, 0.4) is 0 Å². The van der Waals surface area contributed by atoms with E-state index in [1.807, 2.05) is 24.3 Å². The average molecular weight is 161 g/mol. The minimum Gasteiger partial charge on any atom is -0.464 e. The zero-order chi connectivity index (χ0) is 8.39. The van der Waals surface area contributed by atoms with Crippen LogP contribution in [0.1, 0.15) is 5.56 Å². The van der Waals surface area contributed by atoms with E-state index in [1.165, 1.54) is 6.21 Å². The molecule has 0 bridgehead atoms. The van der Waals surface area contributed by atoms with Gasteiger partial charge in [-0.15, -0.1) is 0 Å². The van der Waals surface area contributed by atoms with Gasteiger partial charge < -0.3 is 9.62 Å². The molecule has 1 aromatic carbocycles. The van der Waals surface area contributed by atoms with Gasteiger partial charge in [-0.1, -0.05) is 5.16 Å². The minimum atomic E-state index is 0.838. The van der Waals surface area contributed by atoms with Gasteiger partial charge in [0.15, 0.2) is 0 Å². The van der Waals surface area contributed by atoms with Crippen LogP contribution in [0.4, 0.5) is 0 Å². The van der Waals surface area contributed by atoms with Crippen LogP contribution >= 0.6 is 0 Å². The monoisotopic (exact) mass is 161 g/mol. The first-order chi connectivity index (χ1) is 5.90. The second-order valence-electron chi connectivity index (χ2n) is 2.46. The van der Waals surface area contributed by atoms with Gasteiger partial charge in [0.2, 0.25) is 0 Å². The van der Waals surface area contributed by atoms with Gasteiger partial charge in [-0.05, 0) is 29.8 Å². The molecule has 0 spiro atoms. The van der Waals surface area contributed by atoms with E-state index in [9.17, 15) is 0 Å². The van der Waals surface area contributed by atoms with Crippen molar-refractivity contribution in [1.29, 1.82) is 0 Å². The van der Waals surface area contributed by atoms with Gasteiger partial charge >= 0.3 is 0 Å². The molecule has 0 aliphatic heterocycles. The smallest absolute Gasteiger partial charge is 0.133 e. The summed E-state index contributed by atoms with van der Waals surface area (Å²) in [4.78, 5) is 0. The predicted octanol–water partition coefficient (Wildman–Crippen LogP) is 2.24. The van der Waals surface area contributed by atoms with Crippen LogP contribution in [-0.4, -0.2) is 11.4 Å². The molecular formula is C9H7NO2. The number of benzene rings is 1. The quantitative estimate of drug-likeness (QED) is 0.396. The van der Waals surface area contributed by atoms with Crippen molar-refractivity contribution in [1.82, 2.24) is 0 Å². The molecule has 0 atom stereocenters. The number of hydrogen-bond donors (Lipinski definition) is 1. The van der Waals surface area contributed by atoms with Gasteiger partial charge in [0, 0.05) is 5.39 Å². The Kier molecular flexibility index (Phi) is 1.55. The molecule has 0 aliphatic carbocycles. The molecule has 2 aromatic rings. The molecular weight excluding hydrogens is 154 g/mol. The fourth-order valence-corrected chi connectivity index (χ4v) is 1.13. The second kappa shape index (κ2) is 2.70. The summed E-state index contributed by atoms with van der Waals surface area (Å²) in [6, 6.07) is 7.42. The fourth-order valence-electron chi connectivity index (χ4n) is 1.13. The van der Waals surface area contributed by atoms with Crippen LogP contribution in [0.5, 0.6) is 0 Å². The SMILES string of the molecule is O/N=C/c1ccc2occc2c1. The molecule has 0 saturated carbocycles. The zero-order valence-electron chi connectivity index (χ0n) is 6.27. The highest BCUT2D eigenvalue weighted by Gasteiger charge is 1.95. The Balaban J connectivity index is 2.60. The van der Waals surface area contributed by atoms with Crippen molar-refractivity contribution >= 4 is 17.2 Å². The number of nitrogens with zero attached hydrogens (tertiary/aromatic N) is 1. The summed E-state index contributed by atoms with van der Waals surface area (Å²) in [5.74, 6) is 0. The summed E-state index contributed by atoms with van der Waals surface area (Å²) in [6.07, 6.45) is 3.01. The Morgan fingerprint density at radius 2 is 2.25 bits per heavy atom. The topological polar surface area (TPSA) is 45.7 Å². The maximum absolute atomic E-state index is 8.29. The molecule has 1 heterocycles. The molecule has 3 nitrogen and oxygen atoms in total. The van der Waals surface area contributed by atoms with Gasteiger partial charge in [-0.3, -0.25) is 0 Å². The van der Waals surface area contributed by atoms with Crippen molar-refractivity contribution in [2.24, 2.45) is 5.16 Å². The molecule has 0 fully saturated rings. The molecule has 0 unspecified atom stereocenters. The molecule has 0 saturated heterocycles. The lowest BCUT2D eigenvalue weighted by molar-refractivity contribution is 0.322. The number of oxime groups is 1. The Bertz CT molecular complexity index is 417. The molecule has 12 heavy (non-hydrogen) atoms. The van der Waals surface area contributed by atoms with E-state index >= 15 is 0 Å². The maximum atomic E-state index is 8.29. The van der Waals surface area contributed by atoms with E-state index < -0.39 is 0 Å². The van der Waals surface area contributed by atoms with Gasteiger partial charge in [0.1, 0.15) is 5.58 Å². The lowest BCUT2D eigenvalue weighted by atomic mass is 10.2. The first kappa shape index (κ1) is 6.91. The van der Waals surface area contributed by atoms with E-state index in [0.29, 0.717) is 0 Å². The second-order valence-corrected chi connectivity index (χ2v) is 2.46. The van der Waals surface area contributed by atoms with E-state index in [1.54, 1.807) is 6.26 Å². The van der Waals surface area contributed by atoms with E-state index in [0.717, 1.165) is 16.5 Å². The number of hydrogen-bond acceptors (Lipinski definition) is 3. The Morgan fingerprint density at radius 3 is 3.08 bits per heavy atom. The molecule has 2 rings (SSSR count). The molecule has 3 heteroatoms. The van der Waals surface area contributed by atoms with Crippen LogP contribution in [0.25, 0.3) is 11.0 Å². The molecule has 1 aromatic heterocycles. The lowest BCUT2D eigenvalue weighted by Gasteiger charge is -1.90. The summed E-state index contributed by atoms with van der Waals surface area (Å²) in [5.41, 5.74) is 1.69. The molecule has 1 N–H and O–H groups in total. The van der Waals surface area contributed by atoms with Crippen molar-refractivity contribution < 1.29 is 9.62 Å². The van der Waals surface area contributed by atoms with Crippen LogP contribution in [0.15, 0.2) is 40.1 Å². The summed E-state index contributed by atoms with van der Waals surface area (Å²) < 4.78 is 5.14. The van der Waals surface area contributed by atoms with Crippen molar-refractivity contribution in [3.05, 3.63) is 36.1 Å². The highest BCUT2D eigenvalue weighted by atomic mass is 16.4. The Morgan fingerprint density at radius 1 is 1.33 bits per heavy atom. The van der Waals surface area contributed by atoms with Gasteiger partial charge in [0.25, 0.3) is 0 Å². The largest absolute Gasteiger partial charge is 0.464 e. The van der Waals surface area contributed by atoms with Crippen molar-refractivity contribution in [3.63, 3.8) is 0 Å². The Hall–Kier alpha value is -1.77. The Labute approximate surface area is 68.9 Å².